The number of carbonyl (C=O) groups is 1. The first-order valence-corrected chi connectivity index (χ1v) is 6.86. The first-order chi connectivity index (χ1) is 10.1. The van der Waals surface area contributed by atoms with E-state index in [1.54, 1.807) is 25.3 Å². The molecule has 7 heteroatoms. The topological polar surface area (TPSA) is 81.6 Å². The Labute approximate surface area is 122 Å². The number of esters is 1. The SMILES string of the molecule is CCOC(=O)CN(Cc1nnc(-c2ccco2)o1)C(C)C. The van der Waals surface area contributed by atoms with Crippen LogP contribution in [0, 0.1) is 0 Å². The van der Waals surface area contributed by atoms with Gasteiger partial charge in [0, 0.05) is 6.04 Å². The fraction of sp³-hybridized carbons (Fsp3) is 0.500. The van der Waals surface area contributed by atoms with Gasteiger partial charge in [-0.1, -0.05) is 0 Å². The lowest BCUT2D eigenvalue weighted by Gasteiger charge is -2.23. The predicted molar refractivity (Wildman–Crippen MR) is 74.2 cm³/mol. The van der Waals surface area contributed by atoms with Gasteiger partial charge in [0.15, 0.2) is 5.76 Å². The number of nitrogens with zero attached hydrogens (tertiary/aromatic N) is 3. The van der Waals surface area contributed by atoms with Crippen LogP contribution in [0.3, 0.4) is 0 Å². The summed E-state index contributed by atoms with van der Waals surface area (Å²) in [7, 11) is 0. The summed E-state index contributed by atoms with van der Waals surface area (Å²) >= 11 is 0. The molecule has 0 bridgehead atoms. The van der Waals surface area contributed by atoms with E-state index in [1.807, 2.05) is 18.7 Å². The lowest BCUT2D eigenvalue weighted by Crippen LogP contribution is -2.36. The van der Waals surface area contributed by atoms with Gasteiger partial charge in [0.1, 0.15) is 0 Å². The van der Waals surface area contributed by atoms with Gasteiger partial charge in [-0.3, -0.25) is 9.69 Å². The number of carbonyl (C=O) groups excluding carboxylic acids is 1. The summed E-state index contributed by atoms with van der Waals surface area (Å²) in [6.45, 7) is 6.69. The van der Waals surface area contributed by atoms with Crippen molar-refractivity contribution in [2.45, 2.75) is 33.4 Å². The fourth-order valence-corrected chi connectivity index (χ4v) is 1.78. The number of furan rings is 1. The summed E-state index contributed by atoms with van der Waals surface area (Å²) < 4.78 is 15.7. The molecule has 0 N–H and O–H groups in total. The molecule has 0 saturated carbocycles. The van der Waals surface area contributed by atoms with Gasteiger partial charge in [-0.25, -0.2) is 0 Å². The molecule has 7 nitrogen and oxygen atoms in total. The molecule has 21 heavy (non-hydrogen) atoms. The quantitative estimate of drug-likeness (QED) is 0.723. The molecule has 0 saturated heterocycles. The van der Waals surface area contributed by atoms with Crippen molar-refractivity contribution in [3.05, 3.63) is 24.3 Å². The van der Waals surface area contributed by atoms with Crippen LogP contribution in [-0.2, 0) is 16.1 Å². The highest BCUT2D eigenvalue weighted by atomic mass is 16.5. The third-order valence-corrected chi connectivity index (χ3v) is 2.90. The first-order valence-electron chi connectivity index (χ1n) is 6.86. The molecule has 0 aromatic carbocycles. The molecule has 0 aliphatic rings. The van der Waals surface area contributed by atoms with Crippen molar-refractivity contribution in [3.63, 3.8) is 0 Å². The van der Waals surface area contributed by atoms with Crippen LogP contribution in [0.1, 0.15) is 26.7 Å². The average Bonchev–Trinajstić information content (AvgIpc) is 3.08. The summed E-state index contributed by atoms with van der Waals surface area (Å²) in [5.74, 6) is 1.02. The molecule has 0 atom stereocenters. The van der Waals surface area contributed by atoms with Crippen LogP contribution in [0.2, 0.25) is 0 Å². The van der Waals surface area contributed by atoms with Crippen LogP contribution in [0.15, 0.2) is 27.2 Å². The molecule has 2 aromatic rings. The second-order valence-corrected chi connectivity index (χ2v) is 4.78. The van der Waals surface area contributed by atoms with E-state index in [4.69, 9.17) is 13.6 Å². The van der Waals surface area contributed by atoms with Gasteiger partial charge in [-0.2, -0.15) is 0 Å². The fourth-order valence-electron chi connectivity index (χ4n) is 1.78. The van der Waals surface area contributed by atoms with E-state index >= 15 is 0 Å². The van der Waals surface area contributed by atoms with Gasteiger partial charge in [0.25, 0.3) is 5.89 Å². The highest BCUT2D eigenvalue weighted by Crippen LogP contribution is 2.18. The van der Waals surface area contributed by atoms with Crippen molar-refractivity contribution in [2.75, 3.05) is 13.2 Å². The minimum Gasteiger partial charge on any atom is -0.465 e. The van der Waals surface area contributed by atoms with Gasteiger partial charge in [0.05, 0.1) is 26.0 Å². The molecule has 0 radical (unpaired) electrons. The number of hydrogen-bond acceptors (Lipinski definition) is 7. The van der Waals surface area contributed by atoms with E-state index in [2.05, 4.69) is 10.2 Å². The Morgan fingerprint density at radius 2 is 2.24 bits per heavy atom. The molecular weight excluding hydrogens is 274 g/mol. The Bertz CT molecular complexity index is 563. The van der Waals surface area contributed by atoms with E-state index in [9.17, 15) is 4.79 Å². The maximum atomic E-state index is 11.6. The highest BCUT2D eigenvalue weighted by Gasteiger charge is 2.19. The van der Waals surface area contributed by atoms with E-state index in [1.165, 1.54) is 0 Å². The second-order valence-electron chi connectivity index (χ2n) is 4.78. The molecule has 2 rings (SSSR count). The largest absolute Gasteiger partial charge is 0.465 e. The van der Waals surface area contributed by atoms with Gasteiger partial charge < -0.3 is 13.6 Å². The highest BCUT2D eigenvalue weighted by molar-refractivity contribution is 5.71. The Hall–Kier alpha value is -2.15. The number of hydrogen-bond donors (Lipinski definition) is 0. The smallest absolute Gasteiger partial charge is 0.320 e. The molecule has 2 aromatic heterocycles. The molecule has 0 spiro atoms. The summed E-state index contributed by atoms with van der Waals surface area (Å²) in [6.07, 6.45) is 1.54. The summed E-state index contributed by atoms with van der Waals surface area (Å²) in [5.41, 5.74) is 0. The molecule has 2 heterocycles. The van der Waals surface area contributed by atoms with Crippen LogP contribution < -0.4 is 0 Å². The maximum Gasteiger partial charge on any atom is 0.320 e. The normalized spacial score (nSPS) is 11.3. The maximum absolute atomic E-state index is 11.6. The van der Waals surface area contributed by atoms with E-state index < -0.39 is 0 Å². The predicted octanol–water partition coefficient (Wildman–Crippen LogP) is 2.10. The van der Waals surface area contributed by atoms with Gasteiger partial charge in [-0.05, 0) is 32.9 Å². The Morgan fingerprint density at radius 3 is 2.86 bits per heavy atom. The lowest BCUT2D eigenvalue weighted by atomic mass is 10.3. The van der Waals surface area contributed by atoms with Gasteiger partial charge in [0.2, 0.25) is 5.89 Å². The van der Waals surface area contributed by atoms with Crippen molar-refractivity contribution in [1.29, 1.82) is 0 Å². The zero-order valence-electron chi connectivity index (χ0n) is 12.4. The Kier molecular flexibility index (Phi) is 5.10. The molecular formula is C14H19N3O4. The van der Waals surface area contributed by atoms with E-state index in [0.29, 0.717) is 30.7 Å². The standard InChI is InChI=1S/C14H19N3O4/c1-4-19-13(18)9-17(10(2)3)8-12-15-16-14(21-12)11-6-5-7-20-11/h5-7,10H,4,8-9H2,1-3H3. The molecule has 0 unspecified atom stereocenters. The molecule has 0 aliphatic heterocycles. The number of ether oxygens (including phenoxy) is 1. The minimum atomic E-state index is -0.267. The molecule has 114 valence electrons. The lowest BCUT2D eigenvalue weighted by molar-refractivity contribution is -0.145. The minimum absolute atomic E-state index is 0.147. The summed E-state index contributed by atoms with van der Waals surface area (Å²) in [6, 6.07) is 3.64. The van der Waals surface area contributed by atoms with E-state index in [0.717, 1.165) is 0 Å². The van der Waals surface area contributed by atoms with Crippen molar-refractivity contribution in [3.8, 4) is 11.7 Å². The zero-order valence-corrected chi connectivity index (χ0v) is 12.4. The molecule has 0 aliphatic carbocycles. The van der Waals surface area contributed by atoms with Crippen LogP contribution >= 0.6 is 0 Å². The molecule has 0 fully saturated rings. The summed E-state index contributed by atoms with van der Waals surface area (Å²) in [4.78, 5) is 13.5. The first kappa shape index (κ1) is 15.2. The van der Waals surface area contributed by atoms with Crippen molar-refractivity contribution in [2.24, 2.45) is 0 Å². The monoisotopic (exact) mass is 293 g/mol. The van der Waals surface area contributed by atoms with Crippen molar-refractivity contribution in [1.82, 2.24) is 15.1 Å². The third-order valence-electron chi connectivity index (χ3n) is 2.90. The van der Waals surface area contributed by atoms with Crippen LogP contribution in [0.4, 0.5) is 0 Å². The van der Waals surface area contributed by atoms with E-state index in [-0.39, 0.29) is 18.6 Å². The van der Waals surface area contributed by atoms with Crippen LogP contribution in [0.5, 0.6) is 0 Å². The third kappa shape index (κ3) is 4.16. The van der Waals surface area contributed by atoms with Gasteiger partial charge >= 0.3 is 5.97 Å². The molecule has 0 amide bonds. The Morgan fingerprint density at radius 1 is 1.43 bits per heavy atom. The van der Waals surface area contributed by atoms with Crippen molar-refractivity contribution >= 4 is 5.97 Å². The van der Waals surface area contributed by atoms with Gasteiger partial charge in [-0.15, -0.1) is 10.2 Å². The number of rotatable bonds is 7. The summed E-state index contributed by atoms with van der Waals surface area (Å²) in [5, 5.41) is 7.91. The average molecular weight is 293 g/mol. The van der Waals surface area contributed by atoms with Crippen molar-refractivity contribution < 1.29 is 18.4 Å². The number of aromatic nitrogens is 2. The zero-order chi connectivity index (χ0) is 15.2. The van der Waals surface area contributed by atoms with Crippen LogP contribution in [-0.4, -0.2) is 40.3 Å². The van der Waals surface area contributed by atoms with Crippen LogP contribution in [0.25, 0.3) is 11.7 Å². The Balaban J connectivity index is 2.02. The second kappa shape index (κ2) is 7.03.